The van der Waals surface area contributed by atoms with Crippen molar-refractivity contribution in [3.63, 3.8) is 0 Å². The van der Waals surface area contributed by atoms with Gasteiger partial charge in [-0.25, -0.2) is 9.59 Å². The molecule has 0 radical (unpaired) electrons. The fraction of sp³-hybridized carbons (Fsp3) is 0.360. The van der Waals surface area contributed by atoms with Crippen LogP contribution in [0, 0.1) is 5.92 Å². The largest absolute Gasteiger partial charge is 0.462 e. The van der Waals surface area contributed by atoms with Gasteiger partial charge in [0.15, 0.2) is 0 Å². The maximum absolute atomic E-state index is 11.9. The van der Waals surface area contributed by atoms with Gasteiger partial charge in [-0.1, -0.05) is 55.5 Å². The van der Waals surface area contributed by atoms with Gasteiger partial charge in [0.05, 0.1) is 6.42 Å². The molecule has 2 rings (SSSR count). The summed E-state index contributed by atoms with van der Waals surface area (Å²) < 4.78 is 19.9. The quantitative estimate of drug-likeness (QED) is 0.251. The normalized spacial score (nSPS) is 11.0. The molecular formula is C25H30N2O8. The molecule has 0 aliphatic rings. The Bertz CT molecular complexity index is 937. The summed E-state index contributed by atoms with van der Waals surface area (Å²) in [7, 11) is 0. The molecule has 0 aliphatic carbocycles. The van der Waals surface area contributed by atoms with Crippen molar-refractivity contribution >= 4 is 29.8 Å². The van der Waals surface area contributed by atoms with E-state index in [-0.39, 0.29) is 51.7 Å². The van der Waals surface area contributed by atoms with Crippen LogP contribution in [0.2, 0.25) is 0 Å². The van der Waals surface area contributed by atoms with E-state index in [0.717, 1.165) is 5.56 Å². The molecule has 10 heteroatoms. The summed E-state index contributed by atoms with van der Waals surface area (Å²) in [6.45, 7) is 1.66. The monoisotopic (exact) mass is 486 g/mol. The van der Waals surface area contributed by atoms with Gasteiger partial charge < -0.3 is 24.3 Å². The number of para-hydroxylation sites is 1. The first-order valence-electron chi connectivity index (χ1n) is 11.2. The van der Waals surface area contributed by atoms with Crippen LogP contribution >= 0.6 is 0 Å². The van der Waals surface area contributed by atoms with E-state index < -0.39 is 24.1 Å². The topological polar surface area (TPSA) is 129 Å². The number of rotatable bonds is 13. The molecule has 2 N–H and O–H groups in total. The van der Waals surface area contributed by atoms with Gasteiger partial charge in [-0.05, 0) is 23.6 Å². The van der Waals surface area contributed by atoms with Gasteiger partial charge in [0.25, 0.3) is 0 Å². The van der Waals surface area contributed by atoms with Gasteiger partial charge in [0.2, 0.25) is 0 Å². The molecule has 0 fully saturated rings. The van der Waals surface area contributed by atoms with E-state index >= 15 is 0 Å². The fourth-order valence-electron chi connectivity index (χ4n) is 2.79. The van der Waals surface area contributed by atoms with Crippen molar-refractivity contribution < 1.29 is 38.1 Å². The Kier molecular flexibility index (Phi) is 12.2. The third kappa shape index (κ3) is 12.7. The van der Waals surface area contributed by atoms with Crippen molar-refractivity contribution in [1.29, 1.82) is 0 Å². The number of amides is 2. The lowest BCUT2D eigenvalue weighted by atomic mass is 10.1. The molecular weight excluding hydrogens is 456 g/mol. The first-order chi connectivity index (χ1) is 16.9. The van der Waals surface area contributed by atoms with E-state index in [2.05, 4.69) is 10.6 Å². The molecule has 2 amide bonds. The van der Waals surface area contributed by atoms with Gasteiger partial charge in [-0.2, -0.15) is 0 Å². The van der Waals surface area contributed by atoms with Gasteiger partial charge in [0, 0.05) is 18.7 Å². The van der Waals surface area contributed by atoms with E-state index in [0.29, 0.717) is 5.69 Å². The minimum Gasteiger partial charge on any atom is -0.462 e. The molecule has 0 bridgehead atoms. The van der Waals surface area contributed by atoms with Crippen LogP contribution in [0.25, 0.3) is 0 Å². The highest BCUT2D eigenvalue weighted by molar-refractivity contribution is 5.84. The second kappa shape index (κ2) is 15.7. The zero-order valence-corrected chi connectivity index (χ0v) is 19.6. The first kappa shape index (κ1) is 27.2. The predicted molar refractivity (Wildman–Crippen MR) is 127 cm³/mol. The number of anilines is 1. The number of carbonyl (C=O) groups is 4. The molecule has 0 aromatic heterocycles. The summed E-state index contributed by atoms with van der Waals surface area (Å²) in [4.78, 5) is 47.0. The summed E-state index contributed by atoms with van der Waals surface area (Å²) in [5.41, 5.74) is 1.43. The Morgan fingerprint density at radius 3 is 1.91 bits per heavy atom. The molecule has 1 atom stereocenters. The van der Waals surface area contributed by atoms with E-state index in [9.17, 15) is 19.2 Å². The molecule has 0 spiro atoms. The SMILES string of the molecule is CC(CNC(=O)OCCOC(=O)Cc1ccccc1)CC(=O)OCCOC(=O)Nc1ccccc1. The van der Waals surface area contributed by atoms with E-state index in [1.807, 2.05) is 36.4 Å². The third-order valence-corrected chi connectivity index (χ3v) is 4.48. The summed E-state index contributed by atoms with van der Waals surface area (Å²) in [6, 6.07) is 18.0. The molecule has 1 unspecified atom stereocenters. The van der Waals surface area contributed by atoms with Crippen molar-refractivity contribution in [2.75, 3.05) is 38.3 Å². The standard InChI is InChI=1S/C25H30N2O8/c1-19(16-22(28)32-13-15-35-25(31)27-21-10-6-3-7-11-21)18-26-24(30)34-14-12-33-23(29)17-20-8-4-2-5-9-20/h2-11,19H,12-18H2,1H3,(H,26,30)(H,27,31). The number of benzene rings is 2. The lowest BCUT2D eigenvalue weighted by Crippen LogP contribution is -2.31. The molecule has 35 heavy (non-hydrogen) atoms. The molecule has 0 saturated carbocycles. The van der Waals surface area contributed by atoms with Crippen LogP contribution in [-0.4, -0.2) is 57.1 Å². The molecule has 2 aromatic rings. The maximum atomic E-state index is 11.9. The number of ether oxygens (including phenoxy) is 4. The molecule has 10 nitrogen and oxygen atoms in total. The lowest BCUT2D eigenvalue weighted by molar-refractivity contribution is -0.145. The van der Waals surface area contributed by atoms with Crippen molar-refractivity contribution in [3.8, 4) is 0 Å². The van der Waals surface area contributed by atoms with Crippen LogP contribution in [0.15, 0.2) is 60.7 Å². The molecule has 0 heterocycles. The van der Waals surface area contributed by atoms with Crippen LogP contribution in [0.3, 0.4) is 0 Å². The summed E-state index contributed by atoms with van der Waals surface area (Å²) in [5.74, 6) is -1.10. The van der Waals surface area contributed by atoms with Crippen molar-refractivity contribution in [3.05, 3.63) is 66.2 Å². The van der Waals surface area contributed by atoms with Gasteiger partial charge in [-0.15, -0.1) is 0 Å². The number of alkyl carbamates (subject to hydrolysis) is 1. The molecule has 0 aliphatic heterocycles. The minimum absolute atomic E-state index is 0.0492. The second-order valence-electron chi connectivity index (χ2n) is 7.56. The van der Waals surface area contributed by atoms with Crippen LogP contribution in [0.4, 0.5) is 15.3 Å². The highest BCUT2D eigenvalue weighted by Crippen LogP contribution is 2.06. The summed E-state index contributed by atoms with van der Waals surface area (Å²) >= 11 is 0. The maximum Gasteiger partial charge on any atom is 0.411 e. The van der Waals surface area contributed by atoms with Crippen molar-refractivity contribution in [2.24, 2.45) is 5.92 Å². The molecule has 0 saturated heterocycles. The Hall–Kier alpha value is -4.08. The zero-order valence-electron chi connectivity index (χ0n) is 19.6. The lowest BCUT2D eigenvalue weighted by Gasteiger charge is -2.13. The zero-order chi connectivity index (χ0) is 25.3. The van der Waals surface area contributed by atoms with E-state index in [1.54, 1.807) is 31.2 Å². The third-order valence-electron chi connectivity index (χ3n) is 4.48. The smallest absolute Gasteiger partial charge is 0.411 e. The van der Waals surface area contributed by atoms with Crippen molar-refractivity contribution in [2.45, 2.75) is 19.8 Å². The van der Waals surface area contributed by atoms with E-state index in [4.69, 9.17) is 18.9 Å². The second-order valence-corrected chi connectivity index (χ2v) is 7.56. The van der Waals surface area contributed by atoms with Crippen LogP contribution in [-0.2, 0) is 35.0 Å². The highest BCUT2D eigenvalue weighted by Gasteiger charge is 2.13. The van der Waals surface area contributed by atoms with Crippen LogP contribution in [0.1, 0.15) is 18.9 Å². The minimum atomic E-state index is -0.679. The van der Waals surface area contributed by atoms with Gasteiger partial charge in [-0.3, -0.25) is 14.9 Å². The highest BCUT2D eigenvalue weighted by atomic mass is 16.6. The van der Waals surface area contributed by atoms with Gasteiger partial charge >= 0.3 is 24.1 Å². The average Bonchev–Trinajstić information content (AvgIpc) is 2.84. The number of esters is 2. The van der Waals surface area contributed by atoms with Crippen LogP contribution in [0.5, 0.6) is 0 Å². The molecule has 2 aromatic carbocycles. The van der Waals surface area contributed by atoms with Crippen LogP contribution < -0.4 is 10.6 Å². The number of carbonyl (C=O) groups excluding carboxylic acids is 4. The summed E-state index contributed by atoms with van der Waals surface area (Å²) in [6.07, 6.45) is -1.11. The Morgan fingerprint density at radius 1 is 0.714 bits per heavy atom. The van der Waals surface area contributed by atoms with Crippen molar-refractivity contribution in [1.82, 2.24) is 5.32 Å². The number of nitrogens with one attached hydrogen (secondary N) is 2. The average molecular weight is 487 g/mol. The van der Waals surface area contributed by atoms with Gasteiger partial charge in [0.1, 0.15) is 26.4 Å². The Labute approximate surface area is 203 Å². The first-order valence-corrected chi connectivity index (χ1v) is 11.2. The number of hydrogen-bond donors (Lipinski definition) is 2. The van der Waals surface area contributed by atoms with E-state index in [1.165, 1.54) is 0 Å². The molecule has 188 valence electrons. The number of hydrogen-bond acceptors (Lipinski definition) is 8. The Balaban J connectivity index is 1.46. The Morgan fingerprint density at radius 2 is 1.26 bits per heavy atom. The predicted octanol–water partition coefficient (Wildman–Crippen LogP) is 3.32. The fourth-order valence-corrected chi connectivity index (χ4v) is 2.79. The summed E-state index contributed by atoms with van der Waals surface area (Å²) in [5, 5.41) is 5.08.